The first-order chi connectivity index (χ1) is 7.16. The largest absolute Gasteiger partial charge is 0.301 e. The molecule has 0 aliphatic carbocycles. The lowest BCUT2D eigenvalue weighted by atomic mass is 10.0. The van der Waals surface area contributed by atoms with Crippen molar-refractivity contribution in [1.29, 1.82) is 0 Å². The Morgan fingerprint density at radius 3 is 2.13 bits per heavy atom. The zero-order valence-corrected chi connectivity index (χ0v) is 8.42. The van der Waals surface area contributed by atoms with Crippen molar-refractivity contribution in [3.8, 4) is 11.1 Å². The fourth-order valence-electron chi connectivity index (χ4n) is 1.44. The Bertz CT molecular complexity index is 474. The van der Waals surface area contributed by atoms with E-state index < -0.39 is 0 Å². The van der Waals surface area contributed by atoms with Crippen molar-refractivity contribution in [2.45, 2.75) is 6.92 Å². The van der Waals surface area contributed by atoms with Gasteiger partial charge in [-0.25, -0.2) is 4.39 Å². The number of benzene rings is 2. The lowest BCUT2D eigenvalue weighted by Crippen LogP contribution is -1.82. The van der Waals surface area contributed by atoms with Crippen LogP contribution in [0.25, 0.3) is 11.1 Å². The van der Waals surface area contributed by atoms with Gasteiger partial charge in [-0.15, -0.1) is 0 Å². The van der Waals surface area contributed by atoms with Gasteiger partial charge >= 0.3 is 0 Å². The van der Waals surface area contributed by atoms with Crippen molar-refractivity contribution < 1.29 is 4.39 Å². The van der Waals surface area contributed by atoms with Gasteiger partial charge in [-0.1, -0.05) is 24.3 Å². The van der Waals surface area contributed by atoms with Crippen LogP contribution in [0.15, 0.2) is 42.5 Å². The highest BCUT2D eigenvalue weighted by Gasteiger charge is 2.00. The quantitative estimate of drug-likeness (QED) is 0.670. The second kappa shape index (κ2) is 3.73. The van der Waals surface area contributed by atoms with Gasteiger partial charge in [0.2, 0.25) is 0 Å². The number of hydrogen-bond acceptors (Lipinski definition) is 0. The molecule has 0 amide bonds. The Kier molecular flexibility index (Phi) is 2.42. The summed E-state index contributed by atoms with van der Waals surface area (Å²) in [4.78, 5) is 0. The third-order valence-electron chi connectivity index (χ3n) is 2.42. The maximum Gasteiger partial charge on any atom is 0.123 e. The molecule has 0 bridgehead atoms. The first kappa shape index (κ1) is 9.71. The van der Waals surface area contributed by atoms with Crippen molar-refractivity contribution in [1.82, 2.24) is 5.73 Å². The zero-order chi connectivity index (χ0) is 10.8. The minimum atomic E-state index is -0.239. The predicted octanol–water partition coefficient (Wildman–Crippen LogP) is 3.72. The number of rotatable bonds is 1. The van der Waals surface area contributed by atoms with E-state index >= 15 is 0 Å². The van der Waals surface area contributed by atoms with Gasteiger partial charge in [-0.3, -0.25) is 0 Å². The van der Waals surface area contributed by atoms with E-state index in [4.69, 9.17) is 5.73 Å². The van der Waals surface area contributed by atoms with Gasteiger partial charge in [0, 0.05) is 0 Å². The zero-order valence-electron chi connectivity index (χ0n) is 8.42. The summed E-state index contributed by atoms with van der Waals surface area (Å²) in [6.07, 6.45) is 0. The van der Waals surface area contributed by atoms with Crippen LogP contribution in [0, 0.1) is 12.7 Å². The highest BCUT2D eigenvalue weighted by Crippen LogP contribution is 2.24. The van der Waals surface area contributed by atoms with Crippen molar-refractivity contribution in [2.75, 3.05) is 0 Å². The van der Waals surface area contributed by atoms with Gasteiger partial charge in [0.15, 0.2) is 0 Å². The summed E-state index contributed by atoms with van der Waals surface area (Å²) in [5, 5.41) is 0. The van der Waals surface area contributed by atoms with Crippen LogP contribution in [0.2, 0.25) is 0 Å². The molecular weight excluding hydrogens is 189 g/mol. The molecule has 0 atom stereocenters. The van der Waals surface area contributed by atoms with Crippen LogP contribution in [-0.4, -0.2) is 0 Å². The normalized spacial score (nSPS) is 10.3. The van der Waals surface area contributed by atoms with E-state index in [9.17, 15) is 4.39 Å². The summed E-state index contributed by atoms with van der Waals surface area (Å²) >= 11 is 0. The molecule has 2 rings (SSSR count). The average molecular weight is 200 g/mol. The van der Waals surface area contributed by atoms with Crippen LogP contribution in [0.1, 0.15) is 5.56 Å². The van der Waals surface area contributed by atoms with Gasteiger partial charge in [-0.05, 0) is 41.8 Å². The third-order valence-corrected chi connectivity index (χ3v) is 2.42. The molecule has 2 heteroatoms. The molecule has 1 nitrogen and oxygen atoms in total. The van der Waals surface area contributed by atoms with E-state index in [-0.39, 0.29) is 5.82 Å². The number of hydrogen-bond donors (Lipinski definition) is 0. The van der Waals surface area contributed by atoms with Crippen LogP contribution < -0.4 is 5.73 Å². The van der Waals surface area contributed by atoms with Gasteiger partial charge < -0.3 is 5.73 Å². The van der Waals surface area contributed by atoms with Crippen molar-refractivity contribution in [3.05, 3.63) is 53.8 Å². The van der Waals surface area contributed by atoms with Crippen LogP contribution in [0.3, 0.4) is 0 Å². The number of halogens is 1. The van der Waals surface area contributed by atoms with Gasteiger partial charge in [0.05, 0.1) is 5.69 Å². The lowest BCUT2D eigenvalue weighted by Gasteiger charge is -2.04. The molecule has 0 aromatic heterocycles. The summed E-state index contributed by atoms with van der Waals surface area (Å²) in [6.45, 7) is 1.90. The summed E-state index contributed by atoms with van der Waals surface area (Å²) < 4.78 is 12.7. The fraction of sp³-hybridized carbons (Fsp3) is 0.0769. The predicted molar refractivity (Wildman–Crippen MR) is 59.3 cm³/mol. The molecule has 0 saturated heterocycles. The standard InChI is InChI=1S/C13H11FN/c1-9-2-3-11(8-13(9)15)10-4-6-12(14)7-5-10/h2-8,15H,1H3. The summed E-state index contributed by atoms with van der Waals surface area (Å²) in [7, 11) is 0. The molecule has 0 unspecified atom stereocenters. The average Bonchev–Trinajstić information content (AvgIpc) is 2.23. The molecule has 1 radical (unpaired) electrons. The molecular formula is C13H11FN. The Morgan fingerprint density at radius 2 is 1.53 bits per heavy atom. The van der Waals surface area contributed by atoms with E-state index in [1.54, 1.807) is 18.2 Å². The Labute approximate surface area is 88.4 Å². The Balaban J connectivity index is 2.45. The summed E-state index contributed by atoms with van der Waals surface area (Å²) in [6, 6.07) is 11.9. The minimum absolute atomic E-state index is 0.239. The van der Waals surface area contributed by atoms with Crippen molar-refractivity contribution in [2.24, 2.45) is 0 Å². The number of nitrogens with one attached hydrogen (secondary N) is 1. The highest BCUT2D eigenvalue weighted by atomic mass is 19.1. The molecule has 0 heterocycles. The Hall–Kier alpha value is -1.83. The van der Waals surface area contributed by atoms with Gasteiger partial charge in [0.1, 0.15) is 5.82 Å². The minimum Gasteiger partial charge on any atom is -0.301 e. The van der Waals surface area contributed by atoms with E-state index in [1.165, 1.54) is 12.1 Å². The lowest BCUT2D eigenvalue weighted by molar-refractivity contribution is 0.628. The van der Waals surface area contributed by atoms with Crippen molar-refractivity contribution >= 4 is 5.69 Å². The highest BCUT2D eigenvalue weighted by molar-refractivity contribution is 5.67. The first-order valence-electron chi connectivity index (χ1n) is 4.75. The second-order valence-electron chi connectivity index (χ2n) is 3.54. The molecule has 0 aliphatic rings. The van der Waals surface area contributed by atoms with Gasteiger partial charge in [-0.2, -0.15) is 0 Å². The van der Waals surface area contributed by atoms with Gasteiger partial charge in [0.25, 0.3) is 0 Å². The molecule has 0 saturated carbocycles. The summed E-state index contributed by atoms with van der Waals surface area (Å²) in [5.41, 5.74) is 11.0. The molecule has 15 heavy (non-hydrogen) atoms. The molecule has 75 valence electrons. The summed E-state index contributed by atoms with van der Waals surface area (Å²) in [5.74, 6) is -0.239. The first-order valence-corrected chi connectivity index (χ1v) is 4.75. The SMILES string of the molecule is Cc1ccc(-c2ccc(F)cc2)cc1[NH]. The molecule has 0 aliphatic heterocycles. The fourth-order valence-corrected chi connectivity index (χ4v) is 1.44. The molecule has 2 aromatic carbocycles. The van der Waals surface area contributed by atoms with Crippen LogP contribution in [0.5, 0.6) is 0 Å². The molecule has 2 aromatic rings. The third kappa shape index (κ3) is 1.99. The topological polar surface area (TPSA) is 23.8 Å². The van der Waals surface area contributed by atoms with E-state index in [0.717, 1.165) is 16.7 Å². The number of aryl methyl sites for hydroxylation is 1. The van der Waals surface area contributed by atoms with E-state index in [2.05, 4.69) is 0 Å². The van der Waals surface area contributed by atoms with Crippen LogP contribution >= 0.6 is 0 Å². The van der Waals surface area contributed by atoms with Crippen LogP contribution in [0.4, 0.5) is 10.1 Å². The molecule has 0 fully saturated rings. The van der Waals surface area contributed by atoms with E-state index in [1.807, 2.05) is 19.1 Å². The molecule has 1 N–H and O–H groups in total. The monoisotopic (exact) mass is 200 g/mol. The maximum atomic E-state index is 12.7. The van der Waals surface area contributed by atoms with E-state index in [0.29, 0.717) is 5.69 Å². The smallest absolute Gasteiger partial charge is 0.123 e. The van der Waals surface area contributed by atoms with Crippen molar-refractivity contribution in [3.63, 3.8) is 0 Å². The molecule has 0 spiro atoms. The maximum absolute atomic E-state index is 12.7. The second-order valence-corrected chi connectivity index (χ2v) is 3.54. The Morgan fingerprint density at radius 1 is 0.933 bits per heavy atom. The van der Waals surface area contributed by atoms with Crippen LogP contribution in [-0.2, 0) is 0 Å².